The van der Waals surface area contributed by atoms with Gasteiger partial charge in [-0.25, -0.2) is 0 Å². The summed E-state index contributed by atoms with van der Waals surface area (Å²) in [7, 11) is 0. The number of fused-ring (bicyclic) bond motifs is 2. The maximum Gasteiger partial charge on any atom is 0.253 e. The van der Waals surface area contributed by atoms with Gasteiger partial charge in [0.1, 0.15) is 0 Å². The van der Waals surface area contributed by atoms with E-state index in [-0.39, 0.29) is 11.8 Å². The molecule has 0 spiro atoms. The molecule has 2 fully saturated rings. The average Bonchev–Trinajstić information content (AvgIpc) is 2.92. The predicted octanol–water partition coefficient (Wildman–Crippen LogP) is 3.22. The molecule has 0 aromatic heterocycles. The number of nitrogens with zero attached hydrogens (tertiary/aromatic N) is 2. The van der Waals surface area contributed by atoms with Crippen LogP contribution in [0.3, 0.4) is 0 Å². The zero-order valence-corrected chi connectivity index (χ0v) is 17.0. The van der Waals surface area contributed by atoms with Crippen molar-refractivity contribution in [1.29, 1.82) is 0 Å². The molecule has 5 nitrogen and oxygen atoms in total. The highest BCUT2D eigenvalue weighted by molar-refractivity contribution is 6.19. The number of benzene rings is 1. The van der Waals surface area contributed by atoms with Gasteiger partial charge in [0.2, 0.25) is 5.91 Å². The van der Waals surface area contributed by atoms with Crippen LogP contribution in [0.1, 0.15) is 55.5 Å². The number of piperidine rings is 1. The SMILES string of the molecule is C=CCN1C2CCC1CC(=C(C(N)=O)c1ccc(C(=O)N(CC)CC)cc1)C2. The molecular weight excluding hydrogens is 350 g/mol. The molecule has 0 aliphatic carbocycles. The summed E-state index contributed by atoms with van der Waals surface area (Å²) in [5.41, 5.74) is 9.04. The molecule has 2 unspecified atom stereocenters. The number of nitrogens with two attached hydrogens (primary N) is 1. The van der Waals surface area contributed by atoms with E-state index in [0.717, 1.165) is 43.4 Å². The first-order valence-corrected chi connectivity index (χ1v) is 10.3. The molecule has 1 aromatic rings. The van der Waals surface area contributed by atoms with Crippen molar-refractivity contribution in [3.63, 3.8) is 0 Å². The van der Waals surface area contributed by atoms with Gasteiger partial charge < -0.3 is 10.6 Å². The molecule has 0 radical (unpaired) electrons. The molecule has 0 saturated carbocycles. The Hall–Kier alpha value is -2.40. The van der Waals surface area contributed by atoms with Crippen LogP contribution in [0, 0.1) is 0 Å². The van der Waals surface area contributed by atoms with Crippen molar-refractivity contribution >= 4 is 17.4 Å². The van der Waals surface area contributed by atoms with Gasteiger partial charge in [-0.15, -0.1) is 6.58 Å². The van der Waals surface area contributed by atoms with E-state index in [1.54, 1.807) is 17.0 Å². The number of rotatable bonds is 7. The summed E-state index contributed by atoms with van der Waals surface area (Å²) in [6.45, 7) is 10.1. The van der Waals surface area contributed by atoms with E-state index in [0.29, 0.717) is 36.3 Å². The average molecular weight is 382 g/mol. The largest absolute Gasteiger partial charge is 0.366 e. The molecule has 2 aliphatic heterocycles. The van der Waals surface area contributed by atoms with Crippen molar-refractivity contribution in [2.75, 3.05) is 19.6 Å². The molecule has 2 bridgehead atoms. The number of primary amides is 1. The summed E-state index contributed by atoms with van der Waals surface area (Å²) in [6, 6.07) is 8.26. The van der Waals surface area contributed by atoms with Crippen LogP contribution in [-0.4, -0.2) is 53.3 Å². The van der Waals surface area contributed by atoms with Gasteiger partial charge in [0, 0.05) is 42.9 Å². The number of carbonyl (C=O) groups excluding carboxylic acids is 2. The van der Waals surface area contributed by atoms with E-state index in [9.17, 15) is 9.59 Å². The lowest BCUT2D eigenvalue weighted by molar-refractivity contribution is -0.112. The van der Waals surface area contributed by atoms with Crippen molar-refractivity contribution < 1.29 is 9.59 Å². The molecule has 3 rings (SSSR count). The van der Waals surface area contributed by atoms with Crippen LogP contribution >= 0.6 is 0 Å². The maximum atomic E-state index is 12.5. The number of carbonyl (C=O) groups is 2. The van der Waals surface area contributed by atoms with Gasteiger partial charge in [0.15, 0.2) is 0 Å². The Kier molecular flexibility index (Phi) is 6.35. The molecule has 2 heterocycles. The van der Waals surface area contributed by atoms with E-state index >= 15 is 0 Å². The zero-order valence-electron chi connectivity index (χ0n) is 17.0. The smallest absolute Gasteiger partial charge is 0.253 e. The summed E-state index contributed by atoms with van der Waals surface area (Å²) in [5.74, 6) is -0.366. The van der Waals surface area contributed by atoms with Gasteiger partial charge in [0.05, 0.1) is 0 Å². The standard InChI is InChI=1S/C23H31N3O2/c1-4-13-26-19-11-12-20(26)15-18(14-19)21(22(24)27)16-7-9-17(10-8-16)23(28)25(5-2)6-3/h4,7-10,19-20H,1,5-6,11-15H2,2-3H3,(H2,24,27). The fraction of sp³-hybridized carbons (Fsp3) is 0.478. The van der Waals surface area contributed by atoms with Gasteiger partial charge >= 0.3 is 0 Å². The van der Waals surface area contributed by atoms with E-state index in [2.05, 4.69) is 11.5 Å². The Morgan fingerprint density at radius 3 is 2.11 bits per heavy atom. The van der Waals surface area contributed by atoms with Crippen molar-refractivity contribution in [2.45, 2.75) is 51.6 Å². The summed E-state index contributed by atoms with van der Waals surface area (Å²) >= 11 is 0. The summed E-state index contributed by atoms with van der Waals surface area (Å²) in [4.78, 5) is 29.1. The third-order valence-corrected chi connectivity index (χ3v) is 6.15. The molecule has 1 aromatic carbocycles. The molecule has 2 N–H and O–H groups in total. The van der Waals surface area contributed by atoms with E-state index < -0.39 is 0 Å². The highest BCUT2D eigenvalue weighted by atomic mass is 16.2. The Morgan fingerprint density at radius 1 is 1.11 bits per heavy atom. The van der Waals surface area contributed by atoms with E-state index in [1.165, 1.54) is 0 Å². The van der Waals surface area contributed by atoms with Crippen LogP contribution in [0.25, 0.3) is 5.57 Å². The molecule has 2 aliphatic rings. The first kappa shape index (κ1) is 20.3. The van der Waals surface area contributed by atoms with Crippen LogP contribution in [0.4, 0.5) is 0 Å². The topological polar surface area (TPSA) is 66.6 Å². The second-order valence-corrected chi connectivity index (χ2v) is 7.68. The summed E-state index contributed by atoms with van der Waals surface area (Å²) < 4.78 is 0. The number of hydrogen-bond donors (Lipinski definition) is 1. The maximum absolute atomic E-state index is 12.5. The Bertz CT molecular complexity index is 762. The molecule has 5 heteroatoms. The fourth-order valence-corrected chi connectivity index (χ4v) is 4.75. The van der Waals surface area contributed by atoms with Crippen molar-refractivity contribution in [1.82, 2.24) is 9.80 Å². The monoisotopic (exact) mass is 381 g/mol. The van der Waals surface area contributed by atoms with Crippen molar-refractivity contribution in [3.05, 3.63) is 53.6 Å². The van der Waals surface area contributed by atoms with Crippen molar-refractivity contribution in [2.24, 2.45) is 5.73 Å². The molecule has 2 saturated heterocycles. The van der Waals surface area contributed by atoms with Gasteiger partial charge in [-0.3, -0.25) is 14.5 Å². The molecule has 2 amide bonds. The molecule has 2 atom stereocenters. The van der Waals surface area contributed by atoms with Gasteiger partial charge in [0.25, 0.3) is 5.91 Å². The molecule has 150 valence electrons. The number of hydrogen-bond acceptors (Lipinski definition) is 3. The number of amides is 2. The van der Waals surface area contributed by atoms with Crippen LogP contribution < -0.4 is 5.73 Å². The third kappa shape index (κ3) is 3.90. The van der Waals surface area contributed by atoms with Crippen LogP contribution in [0.15, 0.2) is 42.5 Å². The minimum atomic E-state index is -0.380. The van der Waals surface area contributed by atoms with Crippen molar-refractivity contribution in [3.8, 4) is 0 Å². The second-order valence-electron chi connectivity index (χ2n) is 7.68. The van der Waals surface area contributed by atoms with Gasteiger partial charge in [-0.1, -0.05) is 23.8 Å². The van der Waals surface area contributed by atoms with Crippen LogP contribution in [0.2, 0.25) is 0 Å². The Labute approximate surface area is 167 Å². The minimum Gasteiger partial charge on any atom is -0.366 e. The first-order chi connectivity index (χ1) is 13.5. The van der Waals surface area contributed by atoms with Gasteiger partial charge in [-0.05, 0) is 57.2 Å². The normalized spacial score (nSPS) is 21.4. The van der Waals surface area contributed by atoms with E-state index in [1.807, 2.05) is 32.1 Å². The second kappa shape index (κ2) is 8.74. The lowest BCUT2D eigenvalue weighted by Crippen LogP contribution is -2.41. The molecule has 28 heavy (non-hydrogen) atoms. The quantitative estimate of drug-likeness (QED) is 0.582. The lowest BCUT2D eigenvalue weighted by Gasteiger charge is -2.36. The summed E-state index contributed by atoms with van der Waals surface area (Å²) in [6.07, 6.45) is 6.03. The zero-order chi connectivity index (χ0) is 20.3. The first-order valence-electron chi connectivity index (χ1n) is 10.3. The molecular formula is C23H31N3O2. The predicted molar refractivity (Wildman–Crippen MR) is 113 cm³/mol. The van der Waals surface area contributed by atoms with Crippen LogP contribution in [0.5, 0.6) is 0 Å². The minimum absolute atomic E-state index is 0.0144. The van der Waals surface area contributed by atoms with Gasteiger partial charge in [-0.2, -0.15) is 0 Å². The summed E-state index contributed by atoms with van der Waals surface area (Å²) in [5, 5.41) is 0. The van der Waals surface area contributed by atoms with E-state index in [4.69, 9.17) is 5.73 Å². The fourth-order valence-electron chi connectivity index (χ4n) is 4.75. The highest BCUT2D eigenvalue weighted by Gasteiger charge is 2.39. The third-order valence-electron chi connectivity index (χ3n) is 6.15. The van der Waals surface area contributed by atoms with Crippen LogP contribution in [-0.2, 0) is 4.79 Å². The highest BCUT2D eigenvalue weighted by Crippen LogP contribution is 2.41. The lowest BCUT2D eigenvalue weighted by atomic mass is 9.88. The Morgan fingerprint density at radius 2 is 1.64 bits per heavy atom. The Balaban J connectivity index is 1.88.